The van der Waals surface area contributed by atoms with Crippen LogP contribution in [0.1, 0.15) is 47.8 Å². The molecule has 134 valence electrons. The van der Waals surface area contributed by atoms with Gasteiger partial charge in [-0.1, -0.05) is 56.3 Å². The molecule has 2 aromatic carbocycles. The van der Waals surface area contributed by atoms with Crippen LogP contribution in [0.15, 0.2) is 54.6 Å². The Kier molecular flexibility index (Phi) is 6.37. The first kappa shape index (κ1) is 19.2. The topological polar surface area (TPSA) is 63.2 Å². The van der Waals surface area contributed by atoms with E-state index >= 15 is 0 Å². The van der Waals surface area contributed by atoms with Crippen LogP contribution in [0.25, 0.3) is 0 Å². The molecule has 1 unspecified atom stereocenters. The van der Waals surface area contributed by atoms with E-state index in [1.807, 2.05) is 30.3 Å². The monoisotopic (exact) mass is 359 g/mol. The molecule has 2 rings (SSSR count). The molecule has 1 atom stereocenters. The minimum atomic E-state index is -3.13. The van der Waals surface area contributed by atoms with Crippen LogP contribution in [0.5, 0.6) is 0 Å². The number of benzene rings is 2. The highest BCUT2D eigenvalue weighted by molar-refractivity contribution is 7.89. The molecule has 0 fully saturated rings. The summed E-state index contributed by atoms with van der Waals surface area (Å²) in [5.41, 5.74) is 2.16. The average Bonchev–Trinajstić information content (AvgIpc) is 2.53. The molecule has 0 bridgehead atoms. The number of rotatable bonds is 7. The van der Waals surface area contributed by atoms with Gasteiger partial charge in [0.15, 0.2) is 9.84 Å². The second kappa shape index (κ2) is 8.30. The molecule has 4 nitrogen and oxygen atoms in total. The molecule has 1 N–H and O–H groups in total. The van der Waals surface area contributed by atoms with Gasteiger partial charge in [0.2, 0.25) is 0 Å². The predicted octanol–water partition coefficient (Wildman–Crippen LogP) is 3.75. The number of sulfone groups is 1. The maximum absolute atomic E-state index is 12.7. The van der Waals surface area contributed by atoms with Gasteiger partial charge in [0.25, 0.3) is 5.91 Å². The normalized spacial score (nSPS) is 12.8. The summed E-state index contributed by atoms with van der Waals surface area (Å²) >= 11 is 0. The summed E-state index contributed by atoms with van der Waals surface area (Å²) < 4.78 is 22.9. The Balaban J connectivity index is 2.19. The summed E-state index contributed by atoms with van der Waals surface area (Å²) in [5.74, 6) is 0.175. The third kappa shape index (κ3) is 6.35. The maximum Gasteiger partial charge on any atom is 0.251 e. The average molecular weight is 359 g/mol. The largest absolute Gasteiger partial charge is 0.345 e. The molecule has 5 heteroatoms. The van der Waals surface area contributed by atoms with Gasteiger partial charge in [0, 0.05) is 11.8 Å². The van der Waals surface area contributed by atoms with E-state index in [-0.39, 0.29) is 17.7 Å². The molecule has 0 spiro atoms. The van der Waals surface area contributed by atoms with Crippen molar-refractivity contribution < 1.29 is 13.2 Å². The van der Waals surface area contributed by atoms with E-state index in [1.165, 1.54) is 6.26 Å². The molecule has 0 radical (unpaired) electrons. The lowest BCUT2D eigenvalue weighted by Gasteiger charge is -2.21. The van der Waals surface area contributed by atoms with Crippen LogP contribution in [0.2, 0.25) is 0 Å². The van der Waals surface area contributed by atoms with Crippen LogP contribution in [-0.2, 0) is 15.6 Å². The number of carbonyl (C=O) groups is 1. The first-order chi connectivity index (χ1) is 11.7. The Labute approximate surface area is 150 Å². The third-order valence-corrected chi connectivity index (χ3v) is 4.69. The minimum Gasteiger partial charge on any atom is -0.345 e. The number of carbonyl (C=O) groups excluding carboxylic acids is 1. The van der Waals surface area contributed by atoms with Gasteiger partial charge in [-0.3, -0.25) is 4.79 Å². The maximum atomic E-state index is 12.7. The lowest BCUT2D eigenvalue weighted by Crippen LogP contribution is -2.29. The molecule has 2 aromatic rings. The molecule has 0 aliphatic carbocycles. The fraction of sp³-hybridized carbons (Fsp3) is 0.350. The van der Waals surface area contributed by atoms with Crippen LogP contribution in [0.3, 0.4) is 0 Å². The Morgan fingerprint density at radius 3 is 2.32 bits per heavy atom. The van der Waals surface area contributed by atoms with Gasteiger partial charge in [-0.05, 0) is 35.6 Å². The molecular weight excluding hydrogens is 334 g/mol. The number of nitrogens with one attached hydrogen (secondary N) is 1. The van der Waals surface area contributed by atoms with Crippen molar-refractivity contribution in [2.45, 2.75) is 32.1 Å². The van der Waals surface area contributed by atoms with Gasteiger partial charge in [-0.2, -0.15) is 0 Å². The van der Waals surface area contributed by atoms with Gasteiger partial charge in [-0.25, -0.2) is 8.42 Å². The quantitative estimate of drug-likeness (QED) is 0.819. The number of hydrogen-bond donors (Lipinski definition) is 1. The van der Waals surface area contributed by atoms with E-state index in [9.17, 15) is 13.2 Å². The number of amides is 1. The molecule has 0 aliphatic rings. The molecule has 0 saturated heterocycles. The minimum absolute atomic E-state index is 0.0672. The summed E-state index contributed by atoms with van der Waals surface area (Å²) in [6, 6.07) is 16.6. The molecule has 25 heavy (non-hydrogen) atoms. The van der Waals surface area contributed by atoms with Crippen molar-refractivity contribution >= 4 is 15.7 Å². The van der Waals surface area contributed by atoms with Crippen molar-refractivity contribution in [3.05, 3.63) is 71.3 Å². The molecule has 0 heterocycles. The van der Waals surface area contributed by atoms with Gasteiger partial charge in [-0.15, -0.1) is 0 Å². The van der Waals surface area contributed by atoms with Gasteiger partial charge in [0.05, 0.1) is 11.8 Å². The summed E-state index contributed by atoms with van der Waals surface area (Å²) in [6.45, 7) is 4.24. The van der Waals surface area contributed by atoms with E-state index in [1.54, 1.807) is 24.3 Å². The zero-order chi connectivity index (χ0) is 18.4. The van der Waals surface area contributed by atoms with Gasteiger partial charge >= 0.3 is 0 Å². The van der Waals surface area contributed by atoms with Crippen molar-refractivity contribution in [2.75, 3.05) is 6.26 Å². The second-order valence-electron chi connectivity index (χ2n) is 6.84. The van der Waals surface area contributed by atoms with Crippen LogP contribution >= 0.6 is 0 Å². The molecule has 0 aromatic heterocycles. The zero-order valence-electron chi connectivity index (χ0n) is 14.9. The van der Waals surface area contributed by atoms with Crippen LogP contribution in [0.4, 0.5) is 0 Å². The van der Waals surface area contributed by atoms with E-state index < -0.39 is 9.84 Å². The summed E-state index contributed by atoms with van der Waals surface area (Å²) in [6.07, 6.45) is 2.02. The third-order valence-electron chi connectivity index (χ3n) is 3.83. The van der Waals surface area contributed by atoms with Crippen molar-refractivity contribution in [1.29, 1.82) is 0 Å². The lowest BCUT2D eigenvalue weighted by atomic mass is 9.96. The molecular formula is C20H25NO3S. The fourth-order valence-electron chi connectivity index (χ4n) is 2.78. The second-order valence-corrected chi connectivity index (χ2v) is 8.98. The lowest BCUT2D eigenvalue weighted by molar-refractivity contribution is 0.0932. The van der Waals surface area contributed by atoms with Crippen molar-refractivity contribution in [2.24, 2.45) is 5.92 Å². The summed E-state index contributed by atoms with van der Waals surface area (Å²) in [5, 5.41) is 3.08. The first-order valence-electron chi connectivity index (χ1n) is 8.37. The predicted molar refractivity (Wildman–Crippen MR) is 101 cm³/mol. The highest BCUT2D eigenvalue weighted by atomic mass is 32.2. The Morgan fingerprint density at radius 1 is 1.04 bits per heavy atom. The van der Waals surface area contributed by atoms with E-state index in [4.69, 9.17) is 0 Å². The number of hydrogen-bond acceptors (Lipinski definition) is 3. The zero-order valence-corrected chi connectivity index (χ0v) is 15.7. The molecule has 0 saturated carbocycles. The Hall–Kier alpha value is -2.14. The SMILES string of the molecule is CC(C)CC(NC(=O)c1cccc(CS(C)(=O)=O)c1)c1ccccc1. The van der Waals surface area contributed by atoms with E-state index in [0.29, 0.717) is 17.0 Å². The van der Waals surface area contributed by atoms with Crippen LogP contribution < -0.4 is 5.32 Å². The molecule has 1 amide bonds. The van der Waals surface area contributed by atoms with Gasteiger partial charge in [0.1, 0.15) is 0 Å². The van der Waals surface area contributed by atoms with Gasteiger partial charge < -0.3 is 5.32 Å². The highest BCUT2D eigenvalue weighted by Crippen LogP contribution is 2.22. The smallest absolute Gasteiger partial charge is 0.251 e. The fourth-order valence-corrected chi connectivity index (χ4v) is 3.57. The van der Waals surface area contributed by atoms with E-state index in [2.05, 4.69) is 19.2 Å². The van der Waals surface area contributed by atoms with Crippen LogP contribution in [0, 0.1) is 5.92 Å². The van der Waals surface area contributed by atoms with Crippen LogP contribution in [-0.4, -0.2) is 20.6 Å². The summed E-state index contributed by atoms with van der Waals surface area (Å²) in [7, 11) is -3.13. The molecule has 0 aliphatic heterocycles. The van der Waals surface area contributed by atoms with Crippen molar-refractivity contribution in [3.8, 4) is 0 Å². The summed E-state index contributed by atoms with van der Waals surface area (Å²) in [4.78, 5) is 12.7. The Morgan fingerprint density at radius 2 is 1.72 bits per heavy atom. The van der Waals surface area contributed by atoms with E-state index in [0.717, 1.165) is 12.0 Å². The first-order valence-corrected chi connectivity index (χ1v) is 10.4. The Bertz CT molecular complexity index is 814. The highest BCUT2D eigenvalue weighted by Gasteiger charge is 2.17. The van der Waals surface area contributed by atoms with Crippen molar-refractivity contribution in [1.82, 2.24) is 5.32 Å². The van der Waals surface area contributed by atoms with Crippen molar-refractivity contribution in [3.63, 3.8) is 0 Å². The standard InChI is InChI=1S/C20H25NO3S/c1-15(2)12-19(17-9-5-4-6-10-17)21-20(22)18-11-7-8-16(13-18)14-25(3,23)24/h4-11,13,15,19H,12,14H2,1-3H3,(H,21,22).